The summed E-state index contributed by atoms with van der Waals surface area (Å²) in [4.78, 5) is 4.32. The molecule has 0 aliphatic heterocycles. The average Bonchev–Trinajstić information content (AvgIpc) is 2.93. The Labute approximate surface area is 90.6 Å². The normalized spacial score (nSPS) is 17.7. The molecule has 1 fully saturated rings. The van der Waals surface area contributed by atoms with Gasteiger partial charge in [-0.25, -0.2) is 4.98 Å². The van der Waals surface area contributed by atoms with Gasteiger partial charge in [-0.05, 0) is 25.7 Å². The minimum absolute atomic E-state index is 0.333. The van der Waals surface area contributed by atoms with Crippen LogP contribution in [0.25, 0.3) is 0 Å². The number of hydrogen-bond donors (Lipinski definition) is 1. The molecular weight excluding hydrogens is 190 g/mol. The van der Waals surface area contributed by atoms with E-state index in [1.165, 1.54) is 12.8 Å². The van der Waals surface area contributed by atoms with Crippen molar-refractivity contribution in [3.05, 3.63) is 12.4 Å². The summed E-state index contributed by atoms with van der Waals surface area (Å²) in [6.45, 7) is 3.90. The molecule has 1 aromatic rings. The lowest BCUT2D eigenvalue weighted by atomic mass is 10.3. The van der Waals surface area contributed by atoms with Crippen LogP contribution in [-0.2, 0) is 4.74 Å². The minimum atomic E-state index is 0.333. The third-order valence-corrected chi connectivity index (χ3v) is 2.80. The average molecular weight is 209 g/mol. The second-order valence-corrected chi connectivity index (χ2v) is 4.29. The van der Waals surface area contributed by atoms with Crippen LogP contribution < -0.4 is 5.32 Å². The van der Waals surface area contributed by atoms with Gasteiger partial charge in [0.1, 0.15) is 0 Å². The molecule has 4 nitrogen and oxygen atoms in total. The van der Waals surface area contributed by atoms with Crippen molar-refractivity contribution in [1.29, 1.82) is 0 Å². The van der Waals surface area contributed by atoms with E-state index in [1.807, 2.05) is 12.4 Å². The fourth-order valence-corrected chi connectivity index (χ4v) is 1.68. The number of nitrogens with zero attached hydrogens (tertiary/aromatic N) is 2. The van der Waals surface area contributed by atoms with Crippen LogP contribution in [0.2, 0.25) is 0 Å². The van der Waals surface area contributed by atoms with Gasteiger partial charge in [-0.3, -0.25) is 0 Å². The third kappa shape index (κ3) is 2.72. The van der Waals surface area contributed by atoms with E-state index in [0.717, 1.165) is 18.4 Å². The standard InChI is InChI=1S/C11H19N3O/c1-9(8-15-2)14-6-5-12-11(14)13-7-10-3-4-10/h5-6,9-10H,3-4,7-8H2,1-2H3,(H,12,13). The number of hydrogen-bond acceptors (Lipinski definition) is 3. The van der Waals surface area contributed by atoms with Gasteiger partial charge in [0.25, 0.3) is 0 Å². The van der Waals surface area contributed by atoms with Gasteiger partial charge in [-0.15, -0.1) is 0 Å². The molecule has 15 heavy (non-hydrogen) atoms. The van der Waals surface area contributed by atoms with Crippen molar-refractivity contribution in [2.75, 3.05) is 25.6 Å². The highest BCUT2D eigenvalue weighted by Gasteiger charge is 2.21. The summed E-state index contributed by atoms with van der Waals surface area (Å²) in [5.74, 6) is 1.83. The predicted octanol–water partition coefficient (Wildman–Crippen LogP) is 1.91. The summed E-state index contributed by atoms with van der Waals surface area (Å²) in [6, 6.07) is 0.333. The fraction of sp³-hybridized carbons (Fsp3) is 0.727. The van der Waals surface area contributed by atoms with Crippen LogP contribution in [-0.4, -0.2) is 29.8 Å². The van der Waals surface area contributed by atoms with Gasteiger partial charge in [0, 0.05) is 26.0 Å². The van der Waals surface area contributed by atoms with Gasteiger partial charge in [0.2, 0.25) is 5.95 Å². The fourth-order valence-electron chi connectivity index (χ4n) is 1.68. The Balaban J connectivity index is 1.93. The van der Waals surface area contributed by atoms with Gasteiger partial charge < -0.3 is 14.6 Å². The van der Waals surface area contributed by atoms with Crippen molar-refractivity contribution in [2.45, 2.75) is 25.8 Å². The Morgan fingerprint density at radius 2 is 2.47 bits per heavy atom. The van der Waals surface area contributed by atoms with Crippen molar-refractivity contribution < 1.29 is 4.74 Å². The Bertz CT molecular complexity index is 307. The van der Waals surface area contributed by atoms with E-state index in [4.69, 9.17) is 4.74 Å². The van der Waals surface area contributed by atoms with Gasteiger partial charge in [-0.2, -0.15) is 0 Å². The molecule has 4 heteroatoms. The van der Waals surface area contributed by atoms with Crippen LogP contribution in [0.3, 0.4) is 0 Å². The molecule has 1 aliphatic carbocycles. The number of methoxy groups -OCH3 is 1. The molecule has 2 rings (SSSR count). The van der Waals surface area contributed by atoms with Crippen LogP contribution in [0.1, 0.15) is 25.8 Å². The number of aromatic nitrogens is 2. The van der Waals surface area contributed by atoms with Gasteiger partial charge in [0.15, 0.2) is 0 Å². The first-order valence-corrected chi connectivity index (χ1v) is 5.57. The van der Waals surface area contributed by atoms with E-state index >= 15 is 0 Å². The lowest BCUT2D eigenvalue weighted by Crippen LogP contribution is -2.15. The van der Waals surface area contributed by atoms with Crippen molar-refractivity contribution >= 4 is 5.95 Å². The van der Waals surface area contributed by atoms with Crippen molar-refractivity contribution in [3.8, 4) is 0 Å². The SMILES string of the molecule is COCC(C)n1ccnc1NCC1CC1. The largest absolute Gasteiger partial charge is 0.383 e. The quantitative estimate of drug-likeness (QED) is 0.778. The first-order chi connectivity index (χ1) is 7.31. The van der Waals surface area contributed by atoms with E-state index in [2.05, 4.69) is 21.8 Å². The van der Waals surface area contributed by atoms with Gasteiger partial charge >= 0.3 is 0 Å². The highest BCUT2D eigenvalue weighted by molar-refractivity contribution is 5.27. The lowest BCUT2D eigenvalue weighted by Gasteiger charge is -2.15. The van der Waals surface area contributed by atoms with Crippen LogP contribution in [0.15, 0.2) is 12.4 Å². The number of rotatable bonds is 6. The third-order valence-electron chi connectivity index (χ3n) is 2.80. The molecule has 0 bridgehead atoms. The zero-order valence-electron chi connectivity index (χ0n) is 9.44. The maximum Gasteiger partial charge on any atom is 0.203 e. The Hall–Kier alpha value is -1.03. The molecule has 0 amide bonds. The van der Waals surface area contributed by atoms with Gasteiger partial charge in [0.05, 0.1) is 12.6 Å². The summed E-state index contributed by atoms with van der Waals surface area (Å²) < 4.78 is 7.27. The maximum atomic E-state index is 5.14. The molecule has 1 N–H and O–H groups in total. The van der Waals surface area contributed by atoms with Crippen LogP contribution >= 0.6 is 0 Å². The summed E-state index contributed by atoms with van der Waals surface area (Å²) >= 11 is 0. The van der Waals surface area contributed by atoms with Crippen LogP contribution in [0, 0.1) is 5.92 Å². The molecule has 0 spiro atoms. The molecule has 0 saturated heterocycles. The van der Waals surface area contributed by atoms with E-state index in [0.29, 0.717) is 12.6 Å². The highest BCUT2D eigenvalue weighted by atomic mass is 16.5. The lowest BCUT2D eigenvalue weighted by molar-refractivity contribution is 0.163. The zero-order chi connectivity index (χ0) is 10.7. The molecular formula is C11H19N3O. The summed E-state index contributed by atoms with van der Waals surface area (Å²) in [6.07, 6.45) is 6.56. The Morgan fingerprint density at radius 3 is 3.13 bits per heavy atom. The van der Waals surface area contributed by atoms with Crippen molar-refractivity contribution in [3.63, 3.8) is 0 Å². The number of ether oxygens (including phenoxy) is 1. The molecule has 1 unspecified atom stereocenters. The van der Waals surface area contributed by atoms with E-state index in [-0.39, 0.29) is 0 Å². The topological polar surface area (TPSA) is 39.1 Å². The summed E-state index contributed by atoms with van der Waals surface area (Å²) in [5, 5.41) is 3.39. The minimum Gasteiger partial charge on any atom is -0.383 e. The summed E-state index contributed by atoms with van der Waals surface area (Å²) in [5.41, 5.74) is 0. The molecule has 1 aromatic heterocycles. The van der Waals surface area contributed by atoms with Crippen molar-refractivity contribution in [1.82, 2.24) is 9.55 Å². The van der Waals surface area contributed by atoms with E-state index in [9.17, 15) is 0 Å². The number of anilines is 1. The zero-order valence-corrected chi connectivity index (χ0v) is 9.44. The van der Waals surface area contributed by atoms with Crippen molar-refractivity contribution in [2.24, 2.45) is 5.92 Å². The second kappa shape index (κ2) is 4.66. The molecule has 1 atom stereocenters. The first kappa shape index (κ1) is 10.5. The number of nitrogens with one attached hydrogen (secondary N) is 1. The van der Waals surface area contributed by atoms with Crippen LogP contribution in [0.4, 0.5) is 5.95 Å². The smallest absolute Gasteiger partial charge is 0.203 e. The second-order valence-electron chi connectivity index (χ2n) is 4.29. The van der Waals surface area contributed by atoms with Crippen LogP contribution in [0.5, 0.6) is 0 Å². The van der Waals surface area contributed by atoms with E-state index < -0.39 is 0 Å². The summed E-state index contributed by atoms with van der Waals surface area (Å²) in [7, 11) is 1.73. The molecule has 1 saturated carbocycles. The predicted molar refractivity (Wildman–Crippen MR) is 60.0 cm³/mol. The number of imidazole rings is 1. The molecule has 0 aromatic carbocycles. The first-order valence-electron chi connectivity index (χ1n) is 5.57. The van der Waals surface area contributed by atoms with E-state index in [1.54, 1.807) is 7.11 Å². The molecule has 1 heterocycles. The molecule has 84 valence electrons. The molecule has 0 radical (unpaired) electrons. The molecule has 1 aliphatic rings. The highest BCUT2D eigenvalue weighted by Crippen LogP contribution is 2.28. The monoisotopic (exact) mass is 209 g/mol. The Morgan fingerprint density at radius 1 is 1.67 bits per heavy atom. The maximum absolute atomic E-state index is 5.14. The Kier molecular flexibility index (Phi) is 3.26. The van der Waals surface area contributed by atoms with Gasteiger partial charge in [-0.1, -0.05) is 0 Å².